The number of morpholine rings is 2. The number of benzene rings is 8. The van der Waals surface area contributed by atoms with Gasteiger partial charge in [-0.25, -0.2) is 0 Å². The summed E-state index contributed by atoms with van der Waals surface area (Å²) in [6.45, 7) is 32.7. The van der Waals surface area contributed by atoms with Gasteiger partial charge in [-0.1, -0.05) is 152 Å². The van der Waals surface area contributed by atoms with Gasteiger partial charge in [0.05, 0.1) is 72.2 Å². The molecule has 4 fully saturated rings. The van der Waals surface area contributed by atoms with Crippen LogP contribution < -0.4 is 52.0 Å². The monoisotopic (exact) mass is 2190 g/mol. The fourth-order valence-corrected chi connectivity index (χ4v) is 15.1. The van der Waals surface area contributed by atoms with Crippen LogP contribution in [0, 0.1) is 59.0 Å². The van der Waals surface area contributed by atoms with Gasteiger partial charge in [-0.15, -0.1) is 0 Å². The standard InChI is InChI=1S/C13H17Cl2N3O.C13H16Cl2N2O2.C13H18ClN3O.C13H17ClN2O2.C11H14Cl2N2O.C11H13Cl2NO2.C11H15ClN2O.C11H16INO/c1-9-11(14)6-10(7-12(9)15)17-13(19)8-18-4-2-16-3-5-18;1-9-11(14)6-10(7-12(9)15)16-13(18)8-17-2-4-19-5-3-17;1-10-2-3-11(8-12(10)14)16-13(18)9-17-6-4-15-5-7-17;1-10-2-3-11(8-12(10)14)15-13(17)9-16-4-6-18-7-5-16;1-7-9(12)4-8(5-10(7)13)14-11(16)6-15(2)3;1-7-9(12)4-8(5-10(7)13)16-11(15)6-14(2)3;1-8-4-5-9(6-10(8)12)13-11(15)7-14(2)3;1-9-4-5-10(8-11(9)12)14-7-6-13(2)3/h6-7,16H,2-5,8H2,1H3,(H,17,19);6-7H,2-5,8H2,1H3,(H,16,18);2-3,8,15H,4-7,9H2,1H3,(H,16,18);2-3,8H,4-7,9H2,1H3,(H,15,17);4-5H,6H2,1-3H3,(H,14,16);4-5H,6H2,1-3H3;4-6H,7H2,1-3H3,(H,13,15);4-5,8H,6-7H2,1-3H3. The lowest BCUT2D eigenvalue weighted by Gasteiger charge is -2.26. The smallest absolute Gasteiger partial charge is 0.325 e. The van der Waals surface area contributed by atoms with Crippen molar-refractivity contribution in [3.8, 4) is 11.5 Å². The lowest BCUT2D eigenvalue weighted by atomic mass is 10.2. The number of nitrogens with zero attached hydrogens (tertiary/aromatic N) is 8. The zero-order chi connectivity index (χ0) is 100. The first-order valence-corrected chi connectivity index (χ1v) is 48.6. The SMILES string of the molecule is Cc1c(Cl)cc(NC(=O)CN(C)C)cc1Cl.Cc1c(Cl)cc(NC(=O)CN2CCNCC2)cc1Cl.Cc1c(Cl)cc(NC(=O)CN2CCOCC2)cc1Cl.Cc1c(Cl)cc(OC(=O)CN(C)C)cc1Cl.Cc1ccc(NC(=O)CN(C)C)cc1Cl.Cc1ccc(NC(=O)CN2CCNCC2)cc1Cl.Cc1ccc(NC(=O)CN2CCOCC2)cc1Cl.Cc1ccc(OCCN(C)C)cc1I. The Morgan fingerprint density at radius 2 is 0.593 bits per heavy atom. The molecule has 39 heteroatoms. The number of ether oxygens (including phenoxy) is 4. The largest absolute Gasteiger partial charge is 0.492 e. The molecule has 12 rings (SSSR count). The fraction of sp³-hybridized carbons (Fsp3) is 0.427. The first-order chi connectivity index (χ1) is 63.8. The lowest BCUT2D eigenvalue weighted by molar-refractivity contribution is -0.135. The van der Waals surface area contributed by atoms with Gasteiger partial charge in [-0.05, 0) is 276 Å². The molecule has 4 aliphatic rings. The number of esters is 1. The van der Waals surface area contributed by atoms with Crippen LogP contribution in [0.5, 0.6) is 11.5 Å². The molecule has 0 aliphatic carbocycles. The summed E-state index contributed by atoms with van der Waals surface area (Å²) >= 11 is 68.2. The number of carbonyl (C=O) groups excluding carboxylic acids is 7. The molecule has 0 saturated carbocycles. The molecule has 740 valence electrons. The Bertz CT molecular complexity index is 4820. The van der Waals surface area contributed by atoms with E-state index in [0.717, 1.165) is 153 Å². The molecule has 8 aromatic rings. The first kappa shape index (κ1) is 119. The second kappa shape index (κ2) is 63.2. The Morgan fingerprint density at radius 1 is 0.326 bits per heavy atom. The van der Waals surface area contributed by atoms with Crippen molar-refractivity contribution >= 4 is 226 Å². The molecule has 0 bridgehead atoms. The molecular formula is C96H126Cl11IN16O11. The average molecular weight is 2200 g/mol. The van der Waals surface area contributed by atoms with E-state index < -0.39 is 0 Å². The molecule has 8 N–H and O–H groups in total. The van der Waals surface area contributed by atoms with E-state index in [-0.39, 0.29) is 48.0 Å². The topological polar surface area (TPSA) is 279 Å². The van der Waals surface area contributed by atoms with Crippen LogP contribution >= 0.6 is 150 Å². The number of likely N-dealkylation sites (N-methyl/N-ethyl adjacent to an activating group) is 4. The number of carbonyl (C=O) groups is 7. The molecule has 4 saturated heterocycles. The highest BCUT2D eigenvalue weighted by Gasteiger charge is 2.21. The second-order valence-electron chi connectivity index (χ2n) is 33.0. The summed E-state index contributed by atoms with van der Waals surface area (Å²) in [5.41, 5.74) is 11.6. The molecule has 27 nitrogen and oxygen atoms in total. The Kier molecular flexibility index (Phi) is 55.6. The number of anilines is 6. The van der Waals surface area contributed by atoms with E-state index in [1.165, 1.54) is 9.13 Å². The molecule has 4 aliphatic heterocycles. The van der Waals surface area contributed by atoms with E-state index in [2.05, 4.69) is 109 Å². The van der Waals surface area contributed by atoms with Crippen molar-refractivity contribution < 1.29 is 52.5 Å². The maximum atomic E-state index is 11.9. The van der Waals surface area contributed by atoms with Crippen molar-refractivity contribution in [1.29, 1.82) is 0 Å². The predicted molar refractivity (Wildman–Crippen MR) is 568 cm³/mol. The fourth-order valence-electron chi connectivity index (χ4n) is 12.1. The number of hydrogen-bond donors (Lipinski definition) is 8. The summed E-state index contributed by atoms with van der Waals surface area (Å²) < 4.78 is 22.4. The highest BCUT2D eigenvalue weighted by Crippen LogP contribution is 2.33. The van der Waals surface area contributed by atoms with Crippen LogP contribution in [0.1, 0.15) is 44.5 Å². The summed E-state index contributed by atoms with van der Waals surface area (Å²) in [6.07, 6.45) is 0. The van der Waals surface area contributed by atoms with Gasteiger partial charge in [0.1, 0.15) is 18.1 Å². The maximum absolute atomic E-state index is 11.9. The Hall–Kier alpha value is -6.71. The molecule has 0 spiro atoms. The van der Waals surface area contributed by atoms with Crippen LogP contribution in [0.2, 0.25) is 55.2 Å². The Balaban J connectivity index is 0.000000273. The van der Waals surface area contributed by atoms with Gasteiger partial charge in [-0.3, -0.25) is 58.1 Å². The number of hydrogen-bond acceptors (Lipinski definition) is 21. The summed E-state index contributed by atoms with van der Waals surface area (Å²) in [7, 11) is 15.0. The van der Waals surface area contributed by atoms with Crippen LogP contribution in [0.25, 0.3) is 0 Å². The van der Waals surface area contributed by atoms with Crippen LogP contribution in [-0.4, -0.2) is 301 Å². The molecule has 0 unspecified atom stereocenters. The molecule has 0 radical (unpaired) electrons. The predicted octanol–water partition coefficient (Wildman–Crippen LogP) is 18.4. The van der Waals surface area contributed by atoms with Crippen LogP contribution in [0.4, 0.5) is 34.1 Å². The molecule has 0 atom stereocenters. The van der Waals surface area contributed by atoms with Gasteiger partial charge in [0.25, 0.3) is 0 Å². The Labute approximate surface area is 864 Å². The van der Waals surface area contributed by atoms with Gasteiger partial charge < -0.3 is 76.2 Å². The summed E-state index contributed by atoms with van der Waals surface area (Å²) in [6, 6.07) is 36.2. The van der Waals surface area contributed by atoms with Gasteiger partial charge in [0.15, 0.2) is 0 Å². The maximum Gasteiger partial charge on any atom is 0.325 e. The van der Waals surface area contributed by atoms with Crippen LogP contribution in [0.3, 0.4) is 0 Å². The molecule has 8 aromatic carbocycles. The molecule has 0 aromatic heterocycles. The minimum atomic E-state index is -0.346. The van der Waals surface area contributed by atoms with E-state index in [1.54, 1.807) is 97.5 Å². The number of aryl methyl sites for hydroxylation is 4. The van der Waals surface area contributed by atoms with E-state index in [1.807, 2.05) is 131 Å². The van der Waals surface area contributed by atoms with Crippen LogP contribution in [-0.2, 0) is 43.0 Å². The van der Waals surface area contributed by atoms with Crippen molar-refractivity contribution in [2.24, 2.45) is 0 Å². The third-order valence-electron chi connectivity index (χ3n) is 20.0. The normalized spacial score (nSPS) is 13.8. The number of nitrogens with one attached hydrogen (secondary N) is 8. The minimum absolute atomic E-state index is 0.0109. The van der Waals surface area contributed by atoms with Crippen molar-refractivity contribution in [2.45, 2.75) is 55.4 Å². The summed E-state index contributed by atoms with van der Waals surface area (Å²) in [4.78, 5) is 97.6. The van der Waals surface area contributed by atoms with Gasteiger partial charge in [0, 0.05) is 178 Å². The average Bonchev–Trinajstić information content (AvgIpc) is 0.869. The number of rotatable bonds is 25. The summed E-state index contributed by atoms with van der Waals surface area (Å²) in [5.74, 6) is 0.723. The quantitative estimate of drug-likeness (QED) is 0.0150. The third-order valence-corrected chi connectivity index (χ3v) is 25.5. The minimum Gasteiger partial charge on any atom is -0.492 e. The van der Waals surface area contributed by atoms with Crippen molar-refractivity contribution in [1.82, 2.24) is 49.8 Å². The zero-order valence-corrected chi connectivity index (χ0v) is 89.8. The molecule has 6 amide bonds. The number of halogens is 12. The van der Waals surface area contributed by atoms with E-state index in [9.17, 15) is 33.6 Å². The Morgan fingerprint density at radius 3 is 0.881 bits per heavy atom. The highest BCUT2D eigenvalue weighted by atomic mass is 127. The van der Waals surface area contributed by atoms with Gasteiger partial charge in [0.2, 0.25) is 35.4 Å². The molecule has 135 heavy (non-hydrogen) atoms. The van der Waals surface area contributed by atoms with Crippen molar-refractivity contribution in [3.05, 3.63) is 225 Å². The van der Waals surface area contributed by atoms with E-state index in [0.29, 0.717) is 144 Å². The van der Waals surface area contributed by atoms with Crippen LogP contribution in [0.15, 0.2) is 121 Å². The van der Waals surface area contributed by atoms with Gasteiger partial charge >= 0.3 is 5.97 Å². The highest BCUT2D eigenvalue weighted by molar-refractivity contribution is 14.1. The zero-order valence-electron chi connectivity index (χ0n) is 79.3. The molecule has 4 heterocycles. The van der Waals surface area contributed by atoms with Crippen molar-refractivity contribution in [3.63, 3.8) is 0 Å². The lowest BCUT2D eigenvalue weighted by Crippen LogP contribution is -2.46. The van der Waals surface area contributed by atoms with Gasteiger partial charge in [-0.2, -0.15) is 0 Å². The van der Waals surface area contributed by atoms with E-state index >= 15 is 0 Å². The van der Waals surface area contributed by atoms with E-state index in [4.69, 9.17) is 147 Å². The number of amides is 6. The second-order valence-corrected chi connectivity index (χ2v) is 38.6. The van der Waals surface area contributed by atoms with Crippen molar-refractivity contribution in [2.75, 3.05) is 252 Å². The summed E-state index contributed by atoms with van der Waals surface area (Å²) in [5, 5.41) is 29.7. The number of piperazine rings is 2. The molecular weight excluding hydrogens is 2070 g/mol. The first-order valence-electron chi connectivity index (χ1n) is 43.3. The third kappa shape index (κ3) is 48.3.